The lowest BCUT2D eigenvalue weighted by molar-refractivity contribution is -0.152. The number of benzene rings is 2. The molecule has 2 N–H and O–H groups in total. The van der Waals surface area contributed by atoms with Gasteiger partial charge in [0.1, 0.15) is 23.3 Å². The number of aromatic nitrogens is 2. The third-order valence-corrected chi connectivity index (χ3v) is 5.60. The molecule has 2 heterocycles. The zero-order chi connectivity index (χ0) is 26.6. The number of hydrogen-bond donors (Lipinski definition) is 2. The second-order valence-corrected chi connectivity index (χ2v) is 8.08. The molecule has 0 saturated heterocycles. The van der Waals surface area contributed by atoms with E-state index < -0.39 is 23.8 Å². The van der Waals surface area contributed by atoms with Crippen LogP contribution in [0.25, 0.3) is 11.0 Å². The predicted octanol–water partition coefficient (Wildman–Crippen LogP) is 4.54. The smallest absolute Gasteiger partial charge is 0.449 e. The fraction of sp³-hybridized carbons (Fsp3) is 0.192. The van der Waals surface area contributed by atoms with Crippen LogP contribution in [0.1, 0.15) is 55.9 Å². The number of hydrogen-bond acceptors (Lipinski definition) is 6. The number of fused-ring (bicyclic) bond motifs is 1. The van der Waals surface area contributed by atoms with E-state index in [-0.39, 0.29) is 30.1 Å². The monoisotopic (exact) mass is 507 g/mol. The van der Waals surface area contributed by atoms with Gasteiger partial charge in [0.2, 0.25) is 5.76 Å². The average molecular weight is 507 g/mol. The molecule has 2 amide bonds. The second kappa shape index (κ2) is 10.5. The maximum Gasteiger partial charge on any atom is 0.449 e. The summed E-state index contributed by atoms with van der Waals surface area (Å²) in [6.07, 6.45) is -2.81. The SMILES string of the molecule is CCc1cc(C#N)ccc1CNC(=O)c1cc(C(=O)NCc2ccc3cc(C(F)(F)F)oc3c2)ncn1. The normalized spacial score (nSPS) is 11.2. The van der Waals surface area contributed by atoms with Crippen LogP contribution in [-0.4, -0.2) is 21.8 Å². The summed E-state index contributed by atoms with van der Waals surface area (Å²) < 4.78 is 43.4. The van der Waals surface area contributed by atoms with Crippen molar-refractivity contribution in [1.82, 2.24) is 20.6 Å². The van der Waals surface area contributed by atoms with Crippen molar-refractivity contribution in [3.8, 4) is 6.07 Å². The van der Waals surface area contributed by atoms with E-state index in [1.54, 1.807) is 24.3 Å². The third kappa shape index (κ3) is 5.92. The highest BCUT2D eigenvalue weighted by molar-refractivity contribution is 5.97. The summed E-state index contributed by atoms with van der Waals surface area (Å²) in [4.78, 5) is 33.0. The number of carbonyl (C=O) groups excluding carboxylic acids is 2. The predicted molar refractivity (Wildman–Crippen MR) is 126 cm³/mol. The van der Waals surface area contributed by atoms with Gasteiger partial charge in [-0.05, 0) is 47.4 Å². The topological polar surface area (TPSA) is 121 Å². The Balaban J connectivity index is 1.39. The number of aryl methyl sites for hydroxylation is 1. The van der Waals surface area contributed by atoms with Gasteiger partial charge >= 0.3 is 6.18 Å². The lowest BCUT2D eigenvalue weighted by Crippen LogP contribution is -2.27. The van der Waals surface area contributed by atoms with E-state index >= 15 is 0 Å². The van der Waals surface area contributed by atoms with E-state index in [2.05, 4.69) is 26.7 Å². The van der Waals surface area contributed by atoms with Gasteiger partial charge in [-0.25, -0.2) is 9.97 Å². The molecule has 0 aliphatic rings. The molecule has 4 rings (SSSR count). The molecule has 0 atom stereocenters. The van der Waals surface area contributed by atoms with E-state index in [9.17, 15) is 22.8 Å². The standard InChI is InChI=1S/C26H20F3N5O3/c1-2-17-7-15(11-30)3-6-19(17)13-32-25(36)21-10-20(33-14-34-21)24(35)31-12-16-4-5-18-9-23(26(27,28)29)37-22(18)8-16/h3-10,14H,2,12-13H2,1H3,(H,31,35)(H,32,36). The van der Waals surface area contributed by atoms with Crippen LogP contribution in [-0.2, 0) is 25.7 Å². The van der Waals surface area contributed by atoms with Crippen molar-refractivity contribution < 1.29 is 27.2 Å². The molecule has 188 valence electrons. The number of halogens is 3. The van der Waals surface area contributed by atoms with Gasteiger partial charge in [0.15, 0.2) is 0 Å². The number of amides is 2. The molecule has 0 bridgehead atoms. The first-order valence-corrected chi connectivity index (χ1v) is 11.2. The molecule has 0 unspecified atom stereocenters. The van der Waals surface area contributed by atoms with Crippen LogP contribution in [0.2, 0.25) is 0 Å². The fourth-order valence-electron chi connectivity index (χ4n) is 3.67. The summed E-state index contributed by atoms with van der Waals surface area (Å²) in [6, 6.07) is 13.9. The van der Waals surface area contributed by atoms with Gasteiger partial charge in [-0.2, -0.15) is 18.4 Å². The van der Waals surface area contributed by atoms with Crippen LogP contribution in [0.5, 0.6) is 0 Å². The first kappa shape index (κ1) is 25.4. The zero-order valence-corrected chi connectivity index (χ0v) is 19.5. The average Bonchev–Trinajstić information content (AvgIpc) is 3.34. The van der Waals surface area contributed by atoms with Crippen molar-refractivity contribution in [1.29, 1.82) is 5.26 Å². The number of nitrogens with one attached hydrogen (secondary N) is 2. The van der Waals surface area contributed by atoms with E-state index in [1.807, 2.05) is 6.92 Å². The van der Waals surface area contributed by atoms with Crippen molar-refractivity contribution in [2.24, 2.45) is 0 Å². The van der Waals surface area contributed by atoms with Crippen LogP contribution in [0.4, 0.5) is 13.2 Å². The number of alkyl halides is 3. The number of furan rings is 1. The van der Waals surface area contributed by atoms with Crippen LogP contribution < -0.4 is 10.6 Å². The highest BCUT2D eigenvalue weighted by atomic mass is 19.4. The maximum absolute atomic E-state index is 12.9. The minimum absolute atomic E-state index is 0.000838. The van der Waals surface area contributed by atoms with Crippen molar-refractivity contribution in [3.05, 3.63) is 94.3 Å². The van der Waals surface area contributed by atoms with Crippen molar-refractivity contribution in [3.63, 3.8) is 0 Å². The summed E-state index contributed by atoms with van der Waals surface area (Å²) >= 11 is 0. The van der Waals surface area contributed by atoms with Gasteiger partial charge < -0.3 is 15.1 Å². The summed E-state index contributed by atoms with van der Waals surface area (Å²) in [5.41, 5.74) is 2.84. The van der Waals surface area contributed by atoms with E-state index in [4.69, 9.17) is 9.68 Å². The summed E-state index contributed by atoms with van der Waals surface area (Å²) in [5, 5.41) is 14.7. The Bertz CT molecular complexity index is 1520. The van der Waals surface area contributed by atoms with E-state index in [0.29, 0.717) is 22.9 Å². The van der Waals surface area contributed by atoms with E-state index in [1.165, 1.54) is 18.2 Å². The Labute approximate surface area is 209 Å². The molecule has 2 aromatic heterocycles. The van der Waals surface area contributed by atoms with Crippen molar-refractivity contribution in [2.75, 3.05) is 0 Å². The minimum Gasteiger partial charge on any atom is -0.451 e. The molecule has 37 heavy (non-hydrogen) atoms. The highest BCUT2D eigenvalue weighted by Gasteiger charge is 2.35. The van der Waals surface area contributed by atoms with Crippen molar-refractivity contribution >= 4 is 22.8 Å². The number of carbonyl (C=O) groups is 2. The zero-order valence-electron chi connectivity index (χ0n) is 19.5. The molecule has 8 nitrogen and oxygen atoms in total. The highest BCUT2D eigenvalue weighted by Crippen LogP contribution is 2.34. The Morgan fingerprint density at radius 1 is 0.946 bits per heavy atom. The molecule has 0 saturated carbocycles. The Morgan fingerprint density at radius 3 is 2.30 bits per heavy atom. The molecular formula is C26H20F3N5O3. The number of rotatable bonds is 7. The molecule has 2 aromatic carbocycles. The molecule has 11 heteroatoms. The lowest BCUT2D eigenvalue weighted by Gasteiger charge is -2.10. The first-order chi connectivity index (χ1) is 17.7. The summed E-state index contributed by atoms with van der Waals surface area (Å²) in [5.74, 6) is -2.19. The molecule has 0 aliphatic heterocycles. The van der Waals surface area contributed by atoms with E-state index in [0.717, 1.165) is 23.5 Å². The van der Waals surface area contributed by atoms with Crippen molar-refractivity contribution in [2.45, 2.75) is 32.6 Å². The van der Waals surface area contributed by atoms with Crippen LogP contribution in [0.15, 0.2) is 59.3 Å². The Kier molecular flexibility index (Phi) is 7.20. The van der Waals surface area contributed by atoms with Gasteiger partial charge in [0, 0.05) is 24.5 Å². The molecule has 0 radical (unpaired) electrons. The molecule has 0 aliphatic carbocycles. The molecular weight excluding hydrogens is 487 g/mol. The van der Waals surface area contributed by atoms with Gasteiger partial charge in [-0.3, -0.25) is 9.59 Å². The van der Waals surface area contributed by atoms with Crippen LogP contribution >= 0.6 is 0 Å². The first-order valence-electron chi connectivity index (χ1n) is 11.2. The molecule has 4 aromatic rings. The van der Waals surface area contributed by atoms with Gasteiger partial charge in [0.05, 0.1) is 11.6 Å². The Hall–Kier alpha value is -4.72. The van der Waals surface area contributed by atoms with Gasteiger partial charge in [0.25, 0.3) is 11.8 Å². The second-order valence-electron chi connectivity index (χ2n) is 8.08. The van der Waals surface area contributed by atoms with Crippen LogP contribution in [0, 0.1) is 11.3 Å². The summed E-state index contributed by atoms with van der Waals surface area (Å²) in [7, 11) is 0. The fourth-order valence-corrected chi connectivity index (χ4v) is 3.67. The number of nitrogens with zero attached hydrogens (tertiary/aromatic N) is 3. The molecule has 0 spiro atoms. The largest absolute Gasteiger partial charge is 0.451 e. The quantitative estimate of drug-likeness (QED) is 0.379. The third-order valence-electron chi connectivity index (χ3n) is 5.60. The summed E-state index contributed by atoms with van der Waals surface area (Å²) in [6.45, 7) is 2.16. The van der Waals surface area contributed by atoms with Gasteiger partial charge in [-0.15, -0.1) is 0 Å². The van der Waals surface area contributed by atoms with Crippen LogP contribution in [0.3, 0.4) is 0 Å². The Morgan fingerprint density at radius 2 is 1.65 bits per heavy atom. The minimum atomic E-state index is -4.59. The van der Waals surface area contributed by atoms with Gasteiger partial charge in [-0.1, -0.05) is 25.1 Å². The number of nitriles is 1. The molecule has 0 fully saturated rings. The maximum atomic E-state index is 12.9. The lowest BCUT2D eigenvalue weighted by atomic mass is 10.0.